The van der Waals surface area contributed by atoms with Gasteiger partial charge in [0.2, 0.25) is 0 Å². The normalized spacial score (nSPS) is 30.5. The van der Waals surface area contributed by atoms with E-state index in [1.807, 2.05) is 6.92 Å². The Morgan fingerprint density at radius 3 is 3.08 bits per heavy atom. The fraction of sp³-hybridized carbons (Fsp3) is 1.00. The van der Waals surface area contributed by atoms with Crippen LogP contribution in [-0.2, 0) is 9.47 Å². The molecule has 0 aliphatic carbocycles. The van der Waals surface area contributed by atoms with Crippen molar-refractivity contribution in [2.75, 3.05) is 26.4 Å². The van der Waals surface area contributed by atoms with Gasteiger partial charge in [-0.05, 0) is 25.7 Å². The van der Waals surface area contributed by atoms with Crippen LogP contribution in [0.3, 0.4) is 0 Å². The predicted octanol–water partition coefficient (Wildman–Crippen LogP) is 2.21. The maximum Gasteiger partial charge on any atom is 0.0505 e. The minimum Gasteiger partial charge on any atom is -0.382 e. The quantitative estimate of drug-likeness (QED) is 0.551. The van der Waals surface area contributed by atoms with E-state index in [0.29, 0.717) is 10.7 Å². The van der Waals surface area contributed by atoms with E-state index in [1.54, 1.807) is 0 Å². The highest BCUT2D eigenvalue weighted by atomic mass is 79.9. The van der Waals surface area contributed by atoms with Crippen molar-refractivity contribution in [2.24, 2.45) is 5.92 Å². The first-order valence-electron chi connectivity index (χ1n) is 4.64. The fourth-order valence-corrected chi connectivity index (χ4v) is 2.02. The third-order valence-electron chi connectivity index (χ3n) is 2.22. The summed E-state index contributed by atoms with van der Waals surface area (Å²) in [6.07, 6.45) is 2.25. The molecule has 12 heavy (non-hydrogen) atoms. The zero-order valence-electron chi connectivity index (χ0n) is 7.59. The number of hydrogen-bond donors (Lipinski definition) is 0. The number of ether oxygens (including phenoxy) is 2. The largest absolute Gasteiger partial charge is 0.382 e. The Morgan fingerprint density at radius 1 is 1.58 bits per heavy atom. The maximum absolute atomic E-state index is 5.40. The lowest BCUT2D eigenvalue weighted by Crippen LogP contribution is -2.28. The molecular weight excluding hydrogens is 220 g/mol. The molecule has 0 aromatic carbocycles. The van der Waals surface area contributed by atoms with E-state index in [9.17, 15) is 0 Å². The summed E-state index contributed by atoms with van der Waals surface area (Å²) in [5, 5.41) is 0. The highest BCUT2D eigenvalue weighted by molar-refractivity contribution is 9.09. The molecule has 0 amide bonds. The van der Waals surface area contributed by atoms with Crippen molar-refractivity contribution >= 4 is 15.9 Å². The zero-order valence-corrected chi connectivity index (χ0v) is 9.18. The van der Waals surface area contributed by atoms with Crippen molar-refractivity contribution in [1.29, 1.82) is 0 Å². The van der Waals surface area contributed by atoms with Gasteiger partial charge in [-0.3, -0.25) is 0 Å². The summed E-state index contributed by atoms with van der Waals surface area (Å²) >= 11 is 3.67. The van der Waals surface area contributed by atoms with Crippen LogP contribution in [0.1, 0.15) is 19.8 Å². The Hall–Kier alpha value is 0.400. The van der Waals surface area contributed by atoms with E-state index in [4.69, 9.17) is 9.47 Å². The monoisotopic (exact) mass is 236 g/mol. The van der Waals surface area contributed by atoms with Gasteiger partial charge in [-0.15, -0.1) is 0 Å². The minimum absolute atomic E-state index is 0.631. The highest BCUT2D eigenvalue weighted by Gasteiger charge is 2.22. The number of hydrogen-bond acceptors (Lipinski definition) is 2. The van der Waals surface area contributed by atoms with Crippen molar-refractivity contribution in [3.63, 3.8) is 0 Å². The molecule has 0 spiro atoms. The number of alkyl halides is 1. The van der Waals surface area contributed by atoms with Crippen molar-refractivity contribution in [2.45, 2.75) is 24.6 Å². The topological polar surface area (TPSA) is 18.5 Å². The van der Waals surface area contributed by atoms with Crippen molar-refractivity contribution in [3.8, 4) is 0 Å². The van der Waals surface area contributed by atoms with E-state index in [2.05, 4.69) is 15.9 Å². The summed E-state index contributed by atoms with van der Waals surface area (Å²) in [4.78, 5) is 0.631. The summed E-state index contributed by atoms with van der Waals surface area (Å²) in [6, 6.07) is 0. The molecule has 0 aromatic heterocycles. The Kier molecular flexibility index (Phi) is 5.19. The molecule has 0 bridgehead atoms. The molecule has 2 atom stereocenters. The van der Waals surface area contributed by atoms with Gasteiger partial charge < -0.3 is 9.47 Å². The van der Waals surface area contributed by atoms with Gasteiger partial charge in [0, 0.05) is 24.6 Å². The summed E-state index contributed by atoms with van der Waals surface area (Å²) in [7, 11) is 0. The highest BCUT2D eigenvalue weighted by Crippen LogP contribution is 2.24. The third-order valence-corrected chi connectivity index (χ3v) is 3.42. The zero-order chi connectivity index (χ0) is 8.81. The first-order valence-corrected chi connectivity index (χ1v) is 5.55. The summed E-state index contributed by atoms with van der Waals surface area (Å²) < 4.78 is 10.7. The van der Waals surface area contributed by atoms with Crippen LogP contribution in [0.25, 0.3) is 0 Å². The van der Waals surface area contributed by atoms with Gasteiger partial charge in [0.1, 0.15) is 0 Å². The van der Waals surface area contributed by atoms with Gasteiger partial charge in [-0.25, -0.2) is 0 Å². The van der Waals surface area contributed by atoms with E-state index < -0.39 is 0 Å². The predicted molar refractivity (Wildman–Crippen MR) is 52.8 cm³/mol. The van der Waals surface area contributed by atoms with Gasteiger partial charge in [-0.2, -0.15) is 0 Å². The number of halogens is 1. The Labute approximate surface area is 82.7 Å². The molecule has 1 aliphatic heterocycles. The van der Waals surface area contributed by atoms with Crippen molar-refractivity contribution < 1.29 is 9.47 Å². The molecular formula is C9H17BrO2. The summed E-state index contributed by atoms with van der Waals surface area (Å²) in [6.45, 7) is 5.51. The first-order chi connectivity index (χ1) is 5.84. The fourth-order valence-electron chi connectivity index (χ4n) is 1.41. The lowest BCUT2D eigenvalue weighted by atomic mass is 9.99. The molecule has 0 aromatic rings. The van der Waals surface area contributed by atoms with Crippen LogP contribution in [0, 0.1) is 5.92 Å². The third kappa shape index (κ3) is 3.42. The average molecular weight is 237 g/mol. The lowest BCUT2D eigenvalue weighted by molar-refractivity contribution is 0.0409. The second-order valence-electron chi connectivity index (χ2n) is 3.13. The molecule has 2 nitrogen and oxygen atoms in total. The van der Waals surface area contributed by atoms with Crippen LogP contribution in [0.4, 0.5) is 0 Å². The lowest BCUT2D eigenvalue weighted by Gasteiger charge is -2.27. The molecule has 1 aliphatic rings. The van der Waals surface area contributed by atoms with Crippen molar-refractivity contribution in [3.05, 3.63) is 0 Å². The second-order valence-corrected chi connectivity index (χ2v) is 4.30. The second kappa shape index (κ2) is 5.95. The Morgan fingerprint density at radius 2 is 2.42 bits per heavy atom. The minimum atomic E-state index is 0.631. The van der Waals surface area contributed by atoms with Crippen LogP contribution in [0.5, 0.6) is 0 Å². The van der Waals surface area contributed by atoms with Gasteiger partial charge in [0.15, 0.2) is 0 Å². The van der Waals surface area contributed by atoms with E-state index in [1.165, 1.54) is 0 Å². The van der Waals surface area contributed by atoms with Gasteiger partial charge in [-0.1, -0.05) is 15.9 Å². The SMILES string of the molecule is CCOCCC1COCCC1Br. The van der Waals surface area contributed by atoms with E-state index in [0.717, 1.165) is 39.3 Å². The van der Waals surface area contributed by atoms with Gasteiger partial charge >= 0.3 is 0 Å². The average Bonchev–Trinajstić information content (AvgIpc) is 2.09. The Balaban J connectivity index is 2.11. The molecule has 0 N–H and O–H groups in total. The molecule has 0 radical (unpaired) electrons. The molecule has 1 saturated heterocycles. The summed E-state index contributed by atoms with van der Waals surface area (Å²) in [5.41, 5.74) is 0. The van der Waals surface area contributed by atoms with Crippen LogP contribution < -0.4 is 0 Å². The molecule has 2 unspecified atom stereocenters. The van der Waals surface area contributed by atoms with E-state index in [-0.39, 0.29) is 0 Å². The van der Waals surface area contributed by atoms with Crippen LogP contribution in [-0.4, -0.2) is 31.3 Å². The van der Waals surface area contributed by atoms with E-state index >= 15 is 0 Å². The molecule has 3 heteroatoms. The molecule has 1 rings (SSSR count). The molecule has 0 saturated carbocycles. The maximum atomic E-state index is 5.40. The first kappa shape index (κ1) is 10.5. The van der Waals surface area contributed by atoms with Crippen LogP contribution in [0.15, 0.2) is 0 Å². The Bertz CT molecular complexity index is 119. The van der Waals surface area contributed by atoms with Crippen LogP contribution >= 0.6 is 15.9 Å². The standard InChI is InChI=1S/C9H17BrO2/c1-2-11-5-3-8-7-12-6-4-9(8)10/h8-9H,2-7H2,1H3. The van der Waals surface area contributed by atoms with Gasteiger partial charge in [0.05, 0.1) is 6.61 Å². The molecule has 1 heterocycles. The molecule has 72 valence electrons. The number of rotatable bonds is 4. The smallest absolute Gasteiger partial charge is 0.0505 e. The van der Waals surface area contributed by atoms with Gasteiger partial charge in [0.25, 0.3) is 0 Å². The molecule has 1 fully saturated rings. The van der Waals surface area contributed by atoms with Crippen molar-refractivity contribution in [1.82, 2.24) is 0 Å². The van der Waals surface area contributed by atoms with Crippen LogP contribution in [0.2, 0.25) is 0 Å². The summed E-state index contributed by atoms with van der Waals surface area (Å²) in [5.74, 6) is 0.644.